The molecule has 0 unspecified atom stereocenters. The Kier molecular flexibility index (Phi) is 3.66. The van der Waals surface area contributed by atoms with E-state index in [0.717, 1.165) is 19.3 Å². The zero-order chi connectivity index (χ0) is 11.5. The predicted molar refractivity (Wildman–Crippen MR) is 62.2 cm³/mol. The molecule has 4 nitrogen and oxygen atoms in total. The lowest BCUT2D eigenvalue weighted by Gasteiger charge is -2.36. The van der Waals surface area contributed by atoms with Crippen molar-refractivity contribution in [3.8, 4) is 0 Å². The number of hydrogen-bond donors (Lipinski definition) is 1. The Morgan fingerprint density at radius 1 is 1.56 bits per heavy atom. The van der Waals surface area contributed by atoms with Crippen molar-refractivity contribution in [2.24, 2.45) is 0 Å². The smallest absolute Gasteiger partial charge is 0.289 e. The summed E-state index contributed by atoms with van der Waals surface area (Å²) in [5.41, 5.74) is 0. The maximum Gasteiger partial charge on any atom is 0.289 e. The van der Waals surface area contributed by atoms with Crippen molar-refractivity contribution in [2.45, 2.75) is 25.3 Å². The fraction of sp³-hybridized carbons (Fsp3) is 0.545. The van der Waals surface area contributed by atoms with Crippen LogP contribution in [0.5, 0.6) is 0 Å². The highest BCUT2D eigenvalue weighted by molar-refractivity contribution is 9.10. The molecular formula is C11H14BrNO3. The average molecular weight is 288 g/mol. The van der Waals surface area contributed by atoms with Crippen LogP contribution in [0, 0.1) is 0 Å². The van der Waals surface area contributed by atoms with E-state index in [1.807, 2.05) is 0 Å². The van der Waals surface area contributed by atoms with Gasteiger partial charge in [0.2, 0.25) is 0 Å². The standard InChI is InChI=1S/C11H14BrNO3/c12-10-5-4-9(16-10)11(15)13(6-7-14)8-2-1-3-8/h4-5,8,14H,1-3,6-7H2. The number of halogens is 1. The van der Waals surface area contributed by atoms with Crippen molar-refractivity contribution < 1.29 is 14.3 Å². The molecule has 5 heteroatoms. The lowest BCUT2D eigenvalue weighted by atomic mass is 9.91. The van der Waals surface area contributed by atoms with Gasteiger partial charge < -0.3 is 14.4 Å². The molecule has 88 valence electrons. The van der Waals surface area contributed by atoms with Crippen molar-refractivity contribution in [3.63, 3.8) is 0 Å². The molecule has 2 rings (SSSR count). The Bertz CT molecular complexity index is 373. The Labute approximate surface area is 102 Å². The predicted octanol–water partition coefficient (Wildman–Crippen LogP) is 2.03. The van der Waals surface area contributed by atoms with Crippen LogP contribution in [-0.4, -0.2) is 35.1 Å². The molecule has 0 atom stereocenters. The quantitative estimate of drug-likeness (QED) is 0.922. The molecule has 1 saturated carbocycles. The Balaban J connectivity index is 2.09. The molecule has 1 aliphatic rings. The zero-order valence-electron chi connectivity index (χ0n) is 8.86. The molecule has 0 aromatic carbocycles. The first-order valence-electron chi connectivity index (χ1n) is 5.39. The summed E-state index contributed by atoms with van der Waals surface area (Å²) < 4.78 is 5.78. The molecule has 1 aromatic rings. The van der Waals surface area contributed by atoms with Crippen LogP contribution in [0.4, 0.5) is 0 Å². The number of aliphatic hydroxyl groups is 1. The Morgan fingerprint density at radius 2 is 2.31 bits per heavy atom. The molecular weight excluding hydrogens is 274 g/mol. The van der Waals surface area contributed by atoms with E-state index in [0.29, 0.717) is 17.0 Å². The van der Waals surface area contributed by atoms with Gasteiger partial charge in [-0.15, -0.1) is 0 Å². The van der Waals surface area contributed by atoms with E-state index < -0.39 is 0 Å². The number of hydrogen-bond acceptors (Lipinski definition) is 3. The highest BCUT2D eigenvalue weighted by atomic mass is 79.9. The van der Waals surface area contributed by atoms with E-state index in [1.54, 1.807) is 17.0 Å². The molecule has 1 aliphatic carbocycles. The summed E-state index contributed by atoms with van der Waals surface area (Å²) in [4.78, 5) is 13.8. The number of nitrogens with zero attached hydrogens (tertiary/aromatic N) is 1. The van der Waals surface area contributed by atoms with Crippen molar-refractivity contribution in [1.82, 2.24) is 4.90 Å². The number of rotatable bonds is 4. The largest absolute Gasteiger partial charge is 0.444 e. The van der Waals surface area contributed by atoms with Crippen LogP contribution in [0.15, 0.2) is 21.2 Å². The maximum absolute atomic E-state index is 12.1. The van der Waals surface area contributed by atoms with Gasteiger partial charge in [0.25, 0.3) is 5.91 Å². The summed E-state index contributed by atoms with van der Waals surface area (Å²) >= 11 is 3.17. The molecule has 0 spiro atoms. The molecule has 0 saturated heterocycles. The summed E-state index contributed by atoms with van der Waals surface area (Å²) in [5.74, 6) is 0.191. The second-order valence-corrected chi connectivity index (χ2v) is 4.69. The van der Waals surface area contributed by atoms with E-state index in [2.05, 4.69) is 15.9 Å². The van der Waals surface area contributed by atoms with Crippen molar-refractivity contribution in [3.05, 3.63) is 22.6 Å². The second-order valence-electron chi connectivity index (χ2n) is 3.91. The lowest BCUT2D eigenvalue weighted by molar-refractivity contribution is 0.0493. The van der Waals surface area contributed by atoms with Crippen LogP contribution in [-0.2, 0) is 0 Å². The average Bonchev–Trinajstić information content (AvgIpc) is 2.60. The van der Waals surface area contributed by atoms with Crippen molar-refractivity contribution in [2.75, 3.05) is 13.2 Å². The van der Waals surface area contributed by atoms with Crippen LogP contribution < -0.4 is 0 Å². The van der Waals surface area contributed by atoms with Gasteiger partial charge in [0.05, 0.1) is 6.61 Å². The summed E-state index contributed by atoms with van der Waals surface area (Å²) in [6, 6.07) is 3.61. The molecule has 1 fully saturated rings. The maximum atomic E-state index is 12.1. The fourth-order valence-electron chi connectivity index (χ4n) is 1.83. The third-order valence-electron chi connectivity index (χ3n) is 2.90. The highest BCUT2D eigenvalue weighted by Crippen LogP contribution is 2.26. The first-order chi connectivity index (χ1) is 7.72. The highest BCUT2D eigenvalue weighted by Gasteiger charge is 2.30. The third-order valence-corrected chi connectivity index (χ3v) is 3.33. The first kappa shape index (κ1) is 11.7. The van der Waals surface area contributed by atoms with E-state index in [4.69, 9.17) is 9.52 Å². The number of carbonyl (C=O) groups excluding carboxylic acids is 1. The van der Waals surface area contributed by atoms with Crippen LogP contribution in [0.3, 0.4) is 0 Å². The van der Waals surface area contributed by atoms with E-state index >= 15 is 0 Å². The SMILES string of the molecule is O=C(c1ccc(Br)o1)N(CCO)C1CCC1. The van der Waals surface area contributed by atoms with Gasteiger partial charge in [-0.3, -0.25) is 4.79 Å². The summed E-state index contributed by atoms with van der Waals surface area (Å²) in [6.07, 6.45) is 3.20. The molecule has 1 amide bonds. The molecule has 0 radical (unpaired) electrons. The van der Waals surface area contributed by atoms with Gasteiger partial charge in [-0.25, -0.2) is 0 Å². The molecule has 1 heterocycles. The minimum absolute atomic E-state index is 0.00980. The van der Waals surface area contributed by atoms with E-state index in [9.17, 15) is 4.79 Å². The van der Waals surface area contributed by atoms with Crippen LogP contribution in [0.1, 0.15) is 29.8 Å². The minimum atomic E-state index is -0.135. The number of furan rings is 1. The summed E-state index contributed by atoms with van der Waals surface area (Å²) in [7, 11) is 0. The van der Waals surface area contributed by atoms with Crippen LogP contribution >= 0.6 is 15.9 Å². The van der Waals surface area contributed by atoms with Gasteiger partial charge in [-0.2, -0.15) is 0 Å². The lowest BCUT2D eigenvalue weighted by Crippen LogP contribution is -2.45. The first-order valence-corrected chi connectivity index (χ1v) is 6.19. The summed E-state index contributed by atoms with van der Waals surface area (Å²) in [6.45, 7) is 0.367. The van der Waals surface area contributed by atoms with Gasteiger partial charge in [-0.05, 0) is 47.3 Å². The monoisotopic (exact) mass is 287 g/mol. The van der Waals surface area contributed by atoms with Crippen LogP contribution in [0.25, 0.3) is 0 Å². The summed E-state index contributed by atoms with van der Waals surface area (Å²) in [5, 5.41) is 8.97. The molecule has 0 aliphatic heterocycles. The van der Waals surface area contributed by atoms with Gasteiger partial charge in [-0.1, -0.05) is 0 Å². The molecule has 16 heavy (non-hydrogen) atoms. The zero-order valence-corrected chi connectivity index (χ0v) is 10.4. The topological polar surface area (TPSA) is 53.7 Å². The van der Waals surface area contributed by atoms with Crippen molar-refractivity contribution in [1.29, 1.82) is 0 Å². The van der Waals surface area contributed by atoms with Crippen molar-refractivity contribution >= 4 is 21.8 Å². The van der Waals surface area contributed by atoms with Gasteiger partial charge in [0, 0.05) is 12.6 Å². The molecule has 1 aromatic heterocycles. The van der Waals surface area contributed by atoms with Gasteiger partial charge in [0.1, 0.15) is 0 Å². The number of amides is 1. The van der Waals surface area contributed by atoms with E-state index in [-0.39, 0.29) is 18.6 Å². The number of carbonyl (C=O) groups is 1. The van der Waals surface area contributed by atoms with Gasteiger partial charge >= 0.3 is 0 Å². The third kappa shape index (κ3) is 2.30. The molecule has 0 bridgehead atoms. The minimum Gasteiger partial charge on any atom is -0.444 e. The van der Waals surface area contributed by atoms with Crippen LogP contribution in [0.2, 0.25) is 0 Å². The second kappa shape index (κ2) is 5.01. The normalized spacial score (nSPS) is 15.9. The Morgan fingerprint density at radius 3 is 2.75 bits per heavy atom. The molecule has 1 N–H and O–H groups in total. The fourth-order valence-corrected chi connectivity index (χ4v) is 2.13. The Hall–Kier alpha value is -0.810. The van der Waals surface area contributed by atoms with Gasteiger partial charge in [0.15, 0.2) is 10.4 Å². The van der Waals surface area contributed by atoms with E-state index in [1.165, 1.54) is 0 Å². The number of aliphatic hydroxyl groups excluding tert-OH is 1.